The van der Waals surface area contributed by atoms with Gasteiger partial charge in [0.05, 0.1) is 5.60 Å². The first kappa shape index (κ1) is 18.2. The zero-order valence-electron chi connectivity index (χ0n) is 14.0. The molecule has 5 heteroatoms. The fourth-order valence-corrected chi connectivity index (χ4v) is 2.02. The van der Waals surface area contributed by atoms with Gasteiger partial charge in [-0.05, 0) is 43.9 Å². The van der Waals surface area contributed by atoms with Crippen molar-refractivity contribution < 1.29 is 14.7 Å². The lowest BCUT2D eigenvalue weighted by Gasteiger charge is -2.29. The van der Waals surface area contributed by atoms with Gasteiger partial charge in [0.15, 0.2) is 0 Å². The van der Waals surface area contributed by atoms with E-state index in [1.807, 2.05) is 39.8 Å². The molecule has 0 fully saturated rings. The Morgan fingerprint density at radius 2 is 1.91 bits per heavy atom. The molecular weight excluding hydrogens is 280 g/mol. The summed E-state index contributed by atoms with van der Waals surface area (Å²) in [7, 11) is 0. The van der Waals surface area contributed by atoms with E-state index in [4.69, 9.17) is 0 Å². The number of anilines is 1. The molecule has 1 aromatic carbocycles. The lowest BCUT2D eigenvalue weighted by atomic mass is 9.89. The maximum Gasteiger partial charge on any atom is 0.313 e. The van der Waals surface area contributed by atoms with Gasteiger partial charge in [-0.25, -0.2) is 0 Å². The largest absolute Gasteiger partial charge is 0.388 e. The number of hydrogen-bond donors (Lipinski definition) is 3. The molecule has 0 saturated carbocycles. The van der Waals surface area contributed by atoms with Gasteiger partial charge in [-0.3, -0.25) is 9.59 Å². The Hall–Kier alpha value is -1.88. The highest BCUT2D eigenvalue weighted by Gasteiger charge is 2.28. The van der Waals surface area contributed by atoms with Crippen molar-refractivity contribution in [2.45, 2.75) is 46.6 Å². The van der Waals surface area contributed by atoms with E-state index in [1.54, 1.807) is 13.0 Å². The average molecular weight is 306 g/mol. The number of carbonyl (C=O) groups is 2. The molecule has 22 heavy (non-hydrogen) atoms. The molecule has 2 amide bonds. The molecule has 1 rings (SSSR count). The van der Waals surface area contributed by atoms with Crippen molar-refractivity contribution in [3.63, 3.8) is 0 Å². The number of rotatable bonds is 5. The third-order valence-corrected chi connectivity index (χ3v) is 4.34. The normalized spacial score (nSPS) is 14.8. The van der Waals surface area contributed by atoms with Crippen molar-refractivity contribution >= 4 is 17.5 Å². The van der Waals surface area contributed by atoms with Gasteiger partial charge in [-0.15, -0.1) is 0 Å². The van der Waals surface area contributed by atoms with Crippen LogP contribution in [0.15, 0.2) is 18.2 Å². The summed E-state index contributed by atoms with van der Waals surface area (Å²) >= 11 is 0. The second-order valence-electron chi connectivity index (χ2n) is 6.05. The summed E-state index contributed by atoms with van der Waals surface area (Å²) in [5.74, 6) is -1.45. The first-order valence-corrected chi connectivity index (χ1v) is 7.56. The van der Waals surface area contributed by atoms with Crippen LogP contribution in [0.2, 0.25) is 0 Å². The van der Waals surface area contributed by atoms with Gasteiger partial charge in [0.1, 0.15) is 0 Å². The van der Waals surface area contributed by atoms with Crippen LogP contribution in [-0.2, 0) is 9.59 Å². The maximum atomic E-state index is 11.9. The van der Waals surface area contributed by atoms with Gasteiger partial charge in [-0.1, -0.05) is 32.4 Å². The van der Waals surface area contributed by atoms with Gasteiger partial charge < -0.3 is 15.7 Å². The van der Waals surface area contributed by atoms with Gasteiger partial charge in [0, 0.05) is 12.2 Å². The van der Waals surface area contributed by atoms with Crippen molar-refractivity contribution in [3.8, 4) is 0 Å². The number of hydrogen-bond acceptors (Lipinski definition) is 3. The van der Waals surface area contributed by atoms with E-state index >= 15 is 0 Å². The quantitative estimate of drug-likeness (QED) is 0.729. The van der Waals surface area contributed by atoms with Crippen LogP contribution in [-0.4, -0.2) is 29.1 Å². The molecule has 0 aromatic heterocycles. The van der Waals surface area contributed by atoms with Crippen molar-refractivity contribution in [1.82, 2.24) is 5.32 Å². The second kappa shape index (κ2) is 7.40. The van der Waals surface area contributed by atoms with E-state index in [0.29, 0.717) is 5.69 Å². The van der Waals surface area contributed by atoms with E-state index < -0.39 is 17.4 Å². The van der Waals surface area contributed by atoms with E-state index in [0.717, 1.165) is 17.5 Å². The Morgan fingerprint density at radius 1 is 1.27 bits per heavy atom. The minimum Gasteiger partial charge on any atom is -0.388 e. The number of nitrogens with one attached hydrogen (secondary N) is 2. The van der Waals surface area contributed by atoms with Gasteiger partial charge in [-0.2, -0.15) is 0 Å². The number of amides is 2. The van der Waals surface area contributed by atoms with Crippen LogP contribution >= 0.6 is 0 Å². The molecule has 5 nitrogen and oxygen atoms in total. The minimum absolute atomic E-state index is 0.0230. The molecule has 2 atom stereocenters. The van der Waals surface area contributed by atoms with Crippen LogP contribution in [0.25, 0.3) is 0 Å². The Balaban J connectivity index is 2.63. The zero-order valence-corrected chi connectivity index (χ0v) is 14.0. The summed E-state index contributed by atoms with van der Waals surface area (Å²) < 4.78 is 0. The lowest BCUT2D eigenvalue weighted by Crippen LogP contribution is -2.47. The number of carbonyl (C=O) groups excluding carboxylic acids is 2. The van der Waals surface area contributed by atoms with Crippen LogP contribution in [0.3, 0.4) is 0 Å². The third kappa shape index (κ3) is 4.56. The van der Waals surface area contributed by atoms with Gasteiger partial charge in [0.25, 0.3) is 0 Å². The molecule has 0 aliphatic heterocycles. The first-order valence-electron chi connectivity index (χ1n) is 7.56. The zero-order chi connectivity index (χ0) is 16.9. The van der Waals surface area contributed by atoms with Crippen molar-refractivity contribution in [2.75, 3.05) is 11.9 Å². The smallest absolute Gasteiger partial charge is 0.313 e. The molecule has 3 N–H and O–H groups in total. The van der Waals surface area contributed by atoms with Crippen LogP contribution in [0, 0.1) is 19.8 Å². The molecule has 122 valence electrons. The summed E-state index contributed by atoms with van der Waals surface area (Å²) in [4.78, 5) is 23.8. The molecule has 0 unspecified atom stereocenters. The molecule has 0 spiro atoms. The molecule has 0 aliphatic carbocycles. The van der Waals surface area contributed by atoms with E-state index in [1.165, 1.54) is 0 Å². The third-order valence-electron chi connectivity index (χ3n) is 4.34. The Morgan fingerprint density at radius 3 is 2.50 bits per heavy atom. The maximum absolute atomic E-state index is 11.9. The highest BCUT2D eigenvalue weighted by atomic mass is 16.3. The van der Waals surface area contributed by atoms with Gasteiger partial charge in [0.2, 0.25) is 0 Å². The summed E-state index contributed by atoms with van der Waals surface area (Å²) in [6.07, 6.45) is 0.789. The molecular formula is C17H26N2O3. The Kier molecular flexibility index (Phi) is 6.11. The van der Waals surface area contributed by atoms with E-state index in [9.17, 15) is 14.7 Å². The molecule has 0 bridgehead atoms. The number of aryl methyl sites for hydroxylation is 1. The highest BCUT2D eigenvalue weighted by molar-refractivity contribution is 6.39. The van der Waals surface area contributed by atoms with Crippen LogP contribution in [0.5, 0.6) is 0 Å². The summed E-state index contributed by atoms with van der Waals surface area (Å²) in [6.45, 7) is 9.40. The SMILES string of the molecule is CC[C@@H](C)[C@](C)(O)CNC(=O)C(=O)Nc1cccc(C)c1C. The van der Waals surface area contributed by atoms with Crippen molar-refractivity contribution in [3.05, 3.63) is 29.3 Å². The fraction of sp³-hybridized carbons (Fsp3) is 0.529. The molecule has 0 aliphatic rings. The molecule has 0 saturated heterocycles. The number of aliphatic hydroxyl groups is 1. The summed E-state index contributed by atoms with van der Waals surface area (Å²) in [5.41, 5.74) is 1.55. The van der Waals surface area contributed by atoms with E-state index in [2.05, 4.69) is 10.6 Å². The summed E-state index contributed by atoms with van der Waals surface area (Å²) in [6, 6.07) is 5.51. The lowest BCUT2D eigenvalue weighted by molar-refractivity contribution is -0.137. The van der Waals surface area contributed by atoms with Crippen molar-refractivity contribution in [1.29, 1.82) is 0 Å². The average Bonchev–Trinajstić information content (AvgIpc) is 2.48. The molecule has 1 aromatic rings. The second-order valence-corrected chi connectivity index (χ2v) is 6.05. The predicted octanol–water partition coefficient (Wildman–Crippen LogP) is 2.16. The Bertz CT molecular complexity index is 553. The fourth-order valence-electron chi connectivity index (χ4n) is 2.02. The molecule has 0 radical (unpaired) electrons. The molecule has 0 heterocycles. The minimum atomic E-state index is -1.04. The monoisotopic (exact) mass is 306 g/mol. The summed E-state index contributed by atoms with van der Waals surface area (Å²) in [5, 5.41) is 15.3. The Labute approximate surface area is 132 Å². The van der Waals surface area contributed by atoms with Crippen LogP contribution in [0.4, 0.5) is 5.69 Å². The predicted molar refractivity (Wildman–Crippen MR) is 87.6 cm³/mol. The highest BCUT2D eigenvalue weighted by Crippen LogP contribution is 2.19. The van der Waals surface area contributed by atoms with E-state index in [-0.39, 0.29) is 12.5 Å². The first-order chi connectivity index (χ1) is 10.2. The number of benzene rings is 1. The van der Waals surface area contributed by atoms with Crippen molar-refractivity contribution in [2.24, 2.45) is 5.92 Å². The van der Waals surface area contributed by atoms with Gasteiger partial charge >= 0.3 is 11.8 Å². The van der Waals surface area contributed by atoms with Crippen LogP contribution < -0.4 is 10.6 Å². The van der Waals surface area contributed by atoms with Crippen LogP contribution in [0.1, 0.15) is 38.3 Å². The standard InChI is InChI=1S/C17H26N2O3/c1-6-12(3)17(5,22)10-18-15(20)16(21)19-14-9-7-8-11(2)13(14)4/h7-9,12,22H,6,10H2,1-5H3,(H,18,20)(H,19,21)/t12-,17-/m1/s1. The topological polar surface area (TPSA) is 78.4 Å².